The number of hydrogen-bond acceptors (Lipinski definition) is 3. The third-order valence-corrected chi connectivity index (χ3v) is 3.06. The van der Waals surface area contributed by atoms with E-state index in [0.29, 0.717) is 0 Å². The highest BCUT2D eigenvalue weighted by Crippen LogP contribution is 2.03. The molecule has 3 heteroatoms. The normalized spacial score (nSPS) is 19.8. The number of nitrogens with zero attached hydrogens (tertiary/aromatic N) is 1. The number of rotatable bonds is 5. The van der Waals surface area contributed by atoms with Crippen molar-refractivity contribution in [3.05, 3.63) is 0 Å². The van der Waals surface area contributed by atoms with Crippen LogP contribution in [0.5, 0.6) is 0 Å². The lowest BCUT2D eigenvalue weighted by Gasteiger charge is -2.26. The maximum atomic E-state index is 5.28. The molecule has 0 saturated carbocycles. The van der Waals surface area contributed by atoms with Crippen molar-refractivity contribution in [3.63, 3.8) is 0 Å². The van der Waals surface area contributed by atoms with Crippen LogP contribution < -0.4 is 0 Å². The summed E-state index contributed by atoms with van der Waals surface area (Å²) in [6, 6.07) is 0. The van der Waals surface area contributed by atoms with Crippen molar-refractivity contribution in [2.24, 2.45) is 0 Å². The van der Waals surface area contributed by atoms with E-state index in [1.54, 1.807) is 0 Å². The molecule has 1 heterocycles. The summed E-state index contributed by atoms with van der Waals surface area (Å²) in [4.78, 5) is 2.50. The van der Waals surface area contributed by atoms with Gasteiger partial charge >= 0.3 is 0 Å². The summed E-state index contributed by atoms with van der Waals surface area (Å²) in [5.41, 5.74) is 0. The monoisotopic (exact) mass is 189 g/mol. The van der Waals surface area contributed by atoms with Crippen LogP contribution in [0.1, 0.15) is 13.3 Å². The summed E-state index contributed by atoms with van der Waals surface area (Å²) in [5, 5.41) is 0. The first kappa shape index (κ1) is 10.4. The predicted molar refractivity (Wildman–Crippen MR) is 54.9 cm³/mol. The molecule has 1 fully saturated rings. The molecule has 0 bridgehead atoms. The molecule has 0 aromatic carbocycles. The van der Waals surface area contributed by atoms with Crippen molar-refractivity contribution in [2.75, 3.05) is 44.4 Å². The Labute approximate surface area is 79.6 Å². The number of thioether (sulfide) groups is 1. The molecule has 0 atom stereocenters. The van der Waals surface area contributed by atoms with E-state index >= 15 is 0 Å². The van der Waals surface area contributed by atoms with Crippen LogP contribution in [0.25, 0.3) is 0 Å². The average molecular weight is 189 g/mol. The van der Waals surface area contributed by atoms with E-state index in [1.807, 2.05) is 11.8 Å². The van der Waals surface area contributed by atoms with Gasteiger partial charge in [-0.25, -0.2) is 0 Å². The van der Waals surface area contributed by atoms with Crippen molar-refractivity contribution >= 4 is 11.8 Å². The van der Waals surface area contributed by atoms with E-state index in [4.69, 9.17) is 4.74 Å². The summed E-state index contributed by atoms with van der Waals surface area (Å²) in [6.45, 7) is 7.62. The van der Waals surface area contributed by atoms with Crippen molar-refractivity contribution < 1.29 is 4.74 Å². The number of hydrogen-bond donors (Lipinski definition) is 0. The lowest BCUT2D eigenvalue weighted by atomic mass is 10.4. The van der Waals surface area contributed by atoms with Gasteiger partial charge in [0.1, 0.15) is 0 Å². The Bertz CT molecular complexity index is 105. The SMILES string of the molecule is CCSCCCN1CCOCC1. The molecule has 12 heavy (non-hydrogen) atoms. The molecule has 0 spiro atoms. The fourth-order valence-electron chi connectivity index (χ4n) is 1.36. The minimum absolute atomic E-state index is 0.931. The van der Waals surface area contributed by atoms with Gasteiger partial charge in [-0.3, -0.25) is 4.90 Å². The molecule has 0 aromatic heterocycles. The van der Waals surface area contributed by atoms with Gasteiger partial charge in [0.05, 0.1) is 13.2 Å². The highest BCUT2D eigenvalue weighted by atomic mass is 32.2. The smallest absolute Gasteiger partial charge is 0.0594 e. The van der Waals surface area contributed by atoms with E-state index in [-0.39, 0.29) is 0 Å². The molecule has 1 rings (SSSR count). The summed E-state index contributed by atoms with van der Waals surface area (Å²) < 4.78 is 5.28. The van der Waals surface area contributed by atoms with Crippen LogP contribution in [-0.4, -0.2) is 49.3 Å². The van der Waals surface area contributed by atoms with Gasteiger partial charge in [0.25, 0.3) is 0 Å². The van der Waals surface area contributed by atoms with Crippen molar-refractivity contribution in [1.29, 1.82) is 0 Å². The van der Waals surface area contributed by atoms with Gasteiger partial charge in [0.15, 0.2) is 0 Å². The van der Waals surface area contributed by atoms with Crippen LogP contribution in [0.4, 0.5) is 0 Å². The molecule has 0 amide bonds. The van der Waals surface area contributed by atoms with Gasteiger partial charge in [-0.2, -0.15) is 11.8 Å². The number of ether oxygens (including phenoxy) is 1. The molecule has 0 aromatic rings. The third kappa shape index (κ3) is 4.33. The Morgan fingerprint density at radius 1 is 1.33 bits per heavy atom. The Hall–Kier alpha value is 0.270. The van der Waals surface area contributed by atoms with Crippen LogP contribution in [0.3, 0.4) is 0 Å². The lowest BCUT2D eigenvalue weighted by molar-refractivity contribution is 0.0381. The van der Waals surface area contributed by atoms with Crippen LogP contribution >= 0.6 is 11.8 Å². The summed E-state index contributed by atoms with van der Waals surface area (Å²) in [5.74, 6) is 2.57. The molecule has 72 valence electrons. The van der Waals surface area contributed by atoms with Crippen LogP contribution in [-0.2, 0) is 4.74 Å². The second-order valence-electron chi connectivity index (χ2n) is 3.00. The first-order valence-corrected chi connectivity index (χ1v) is 5.97. The Morgan fingerprint density at radius 2 is 2.08 bits per heavy atom. The third-order valence-electron chi connectivity index (χ3n) is 2.07. The second kappa shape index (κ2) is 6.75. The molecule has 2 nitrogen and oxygen atoms in total. The minimum Gasteiger partial charge on any atom is -0.379 e. The maximum Gasteiger partial charge on any atom is 0.0594 e. The van der Waals surface area contributed by atoms with Gasteiger partial charge < -0.3 is 4.74 Å². The molecule has 1 saturated heterocycles. The van der Waals surface area contributed by atoms with E-state index in [1.165, 1.54) is 24.5 Å². The molecule has 1 aliphatic heterocycles. The summed E-state index contributed by atoms with van der Waals surface area (Å²) in [6.07, 6.45) is 1.33. The summed E-state index contributed by atoms with van der Waals surface area (Å²) >= 11 is 2.04. The molecule has 0 N–H and O–H groups in total. The Kier molecular flexibility index (Phi) is 5.82. The van der Waals surface area contributed by atoms with Crippen LogP contribution in [0, 0.1) is 0 Å². The lowest BCUT2D eigenvalue weighted by Crippen LogP contribution is -2.36. The predicted octanol–water partition coefficient (Wildman–Crippen LogP) is 1.46. The Balaban J connectivity index is 1.91. The van der Waals surface area contributed by atoms with E-state index in [0.717, 1.165) is 26.3 Å². The molecular weight excluding hydrogens is 170 g/mol. The van der Waals surface area contributed by atoms with Crippen molar-refractivity contribution in [2.45, 2.75) is 13.3 Å². The maximum absolute atomic E-state index is 5.28. The number of morpholine rings is 1. The topological polar surface area (TPSA) is 12.5 Å². The first-order valence-electron chi connectivity index (χ1n) is 4.81. The second-order valence-corrected chi connectivity index (χ2v) is 4.40. The van der Waals surface area contributed by atoms with Gasteiger partial charge in [-0.05, 0) is 24.5 Å². The molecule has 0 aliphatic carbocycles. The average Bonchev–Trinajstić information content (AvgIpc) is 2.14. The zero-order valence-corrected chi connectivity index (χ0v) is 8.74. The van der Waals surface area contributed by atoms with Gasteiger partial charge in [-0.1, -0.05) is 6.92 Å². The highest BCUT2D eigenvalue weighted by Gasteiger charge is 2.08. The zero-order valence-electron chi connectivity index (χ0n) is 7.92. The van der Waals surface area contributed by atoms with Gasteiger partial charge in [-0.15, -0.1) is 0 Å². The Morgan fingerprint density at radius 3 is 2.75 bits per heavy atom. The fourth-order valence-corrected chi connectivity index (χ4v) is 1.98. The van der Waals surface area contributed by atoms with Crippen LogP contribution in [0.2, 0.25) is 0 Å². The standard InChI is InChI=1S/C9H19NOS/c1-2-12-9-3-4-10-5-7-11-8-6-10/h2-9H2,1H3. The highest BCUT2D eigenvalue weighted by molar-refractivity contribution is 7.99. The van der Waals surface area contributed by atoms with Crippen molar-refractivity contribution in [1.82, 2.24) is 4.90 Å². The fraction of sp³-hybridized carbons (Fsp3) is 1.00. The minimum atomic E-state index is 0.931. The van der Waals surface area contributed by atoms with Crippen molar-refractivity contribution in [3.8, 4) is 0 Å². The van der Waals surface area contributed by atoms with E-state index in [2.05, 4.69) is 11.8 Å². The van der Waals surface area contributed by atoms with Gasteiger partial charge in [0, 0.05) is 13.1 Å². The molecule has 1 aliphatic rings. The largest absolute Gasteiger partial charge is 0.379 e. The van der Waals surface area contributed by atoms with Crippen LogP contribution in [0.15, 0.2) is 0 Å². The summed E-state index contributed by atoms with van der Waals surface area (Å²) in [7, 11) is 0. The van der Waals surface area contributed by atoms with E-state index in [9.17, 15) is 0 Å². The quantitative estimate of drug-likeness (QED) is 0.608. The molecule has 0 unspecified atom stereocenters. The van der Waals surface area contributed by atoms with E-state index < -0.39 is 0 Å². The zero-order chi connectivity index (χ0) is 8.65. The molecular formula is C9H19NOS. The van der Waals surface area contributed by atoms with Gasteiger partial charge in [0.2, 0.25) is 0 Å². The first-order chi connectivity index (χ1) is 5.93. The molecule has 0 radical (unpaired) electrons.